The summed E-state index contributed by atoms with van der Waals surface area (Å²) in [4.78, 5) is 16.8. The van der Waals surface area contributed by atoms with E-state index in [0.29, 0.717) is 15.7 Å². The molecule has 1 atom stereocenters. The van der Waals surface area contributed by atoms with Gasteiger partial charge in [0.1, 0.15) is 0 Å². The van der Waals surface area contributed by atoms with Gasteiger partial charge in [-0.1, -0.05) is 60.1 Å². The van der Waals surface area contributed by atoms with Crippen molar-refractivity contribution in [3.05, 3.63) is 106 Å². The zero-order valence-corrected chi connectivity index (χ0v) is 19.5. The van der Waals surface area contributed by atoms with E-state index in [1.165, 1.54) is 11.8 Å². The maximum Gasteiger partial charge on any atom is 0.336 e. The number of aliphatic hydroxyl groups is 1. The number of nitrogens with zero attached hydrogens (tertiary/aromatic N) is 1. The van der Waals surface area contributed by atoms with Crippen molar-refractivity contribution in [2.45, 2.75) is 17.9 Å². The van der Waals surface area contributed by atoms with Crippen molar-refractivity contribution >= 4 is 52.4 Å². The van der Waals surface area contributed by atoms with Crippen LogP contribution in [0.15, 0.2) is 77.7 Å². The lowest BCUT2D eigenvalue weighted by molar-refractivity contribution is 0.0693. The van der Waals surface area contributed by atoms with Gasteiger partial charge in [0.15, 0.2) is 0 Å². The predicted molar refractivity (Wildman–Crippen MR) is 136 cm³/mol. The smallest absolute Gasteiger partial charge is 0.336 e. The first-order chi connectivity index (χ1) is 15.9. The van der Waals surface area contributed by atoms with Crippen molar-refractivity contribution in [3.63, 3.8) is 0 Å². The number of fused-ring (bicyclic) bond motifs is 1. The molecule has 0 bridgehead atoms. The van der Waals surface area contributed by atoms with Crippen LogP contribution in [0, 0.1) is 6.92 Å². The van der Waals surface area contributed by atoms with Gasteiger partial charge in [-0.3, -0.25) is 0 Å². The molecule has 2 N–H and O–H groups in total. The third-order valence-electron chi connectivity index (χ3n) is 5.25. The predicted octanol–water partition coefficient (Wildman–Crippen LogP) is 6.89. The number of hydrogen-bond acceptors (Lipinski definition) is 4. The highest BCUT2D eigenvalue weighted by Gasteiger charge is 2.15. The number of aromatic nitrogens is 1. The standard InChI is InChI=1S/C27H22ClNO3S/c1-17-4-2-7-23(27(31)32)26(17)33-16-25(30)20-6-3-5-18(14-20)8-12-22-13-10-19-9-11-21(28)15-24(19)29-22/h2-15,25,30H,16H2,1H3,(H,31,32). The number of aryl methyl sites for hydroxylation is 1. The molecule has 0 aliphatic rings. The third-order valence-corrected chi connectivity index (χ3v) is 6.79. The Labute approximate surface area is 201 Å². The fourth-order valence-corrected chi connectivity index (χ4v) is 4.81. The molecule has 0 radical (unpaired) electrons. The molecular weight excluding hydrogens is 454 g/mol. The molecule has 0 saturated heterocycles. The number of hydrogen-bond donors (Lipinski definition) is 2. The van der Waals surface area contributed by atoms with Crippen LogP contribution < -0.4 is 0 Å². The molecule has 0 fully saturated rings. The number of aliphatic hydroxyl groups excluding tert-OH is 1. The second kappa shape index (κ2) is 10.2. The minimum absolute atomic E-state index is 0.257. The summed E-state index contributed by atoms with van der Waals surface area (Å²) in [5, 5.41) is 21.9. The van der Waals surface area contributed by atoms with Crippen molar-refractivity contribution in [1.29, 1.82) is 0 Å². The lowest BCUT2D eigenvalue weighted by Crippen LogP contribution is -2.04. The van der Waals surface area contributed by atoms with E-state index in [0.717, 1.165) is 33.3 Å². The number of pyridine rings is 1. The molecule has 33 heavy (non-hydrogen) atoms. The number of benzene rings is 3. The van der Waals surface area contributed by atoms with Crippen molar-refractivity contribution in [2.24, 2.45) is 0 Å². The monoisotopic (exact) mass is 475 g/mol. The van der Waals surface area contributed by atoms with Crippen LogP contribution in [0.1, 0.15) is 38.8 Å². The average Bonchev–Trinajstić information content (AvgIpc) is 2.81. The molecule has 0 aliphatic carbocycles. The summed E-state index contributed by atoms with van der Waals surface area (Å²) < 4.78 is 0. The first-order valence-electron chi connectivity index (χ1n) is 10.4. The molecule has 6 heteroatoms. The molecule has 0 saturated carbocycles. The Balaban J connectivity index is 1.48. The number of aromatic carboxylic acids is 1. The second-order valence-corrected chi connectivity index (χ2v) is 9.13. The van der Waals surface area contributed by atoms with Crippen molar-refractivity contribution in [3.8, 4) is 0 Å². The van der Waals surface area contributed by atoms with Gasteiger partial charge in [-0.05, 0) is 60.0 Å². The molecule has 0 aliphatic heterocycles. The Morgan fingerprint density at radius 3 is 2.67 bits per heavy atom. The van der Waals surface area contributed by atoms with Gasteiger partial charge in [0.05, 0.1) is 22.9 Å². The summed E-state index contributed by atoms with van der Waals surface area (Å²) in [6.45, 7) is 1.88. The first-order valence-corrected chi connectivity index (χ1v) is 11.8. The topological polar surface area (TPSA) is 70.4 Å². The largest absolute Gasteiger partial charge is 0.478 e. The molecular formula is C27H22ClNO3S. The summed E-state index contributed by atoms with van der Waals surface area (Å²) in [7, 11) is 0. The SMILES string of the molecule is Cc1cccc(C(=O)O)c1SCC(O)c1cccc(C=Cc2ccc3ccc(Cl)cc3n2)c1. The van der Waals surface area contributed by atoms with Crippen LogP contribution in [0.3, 0.4) is 0 Å². The Morgan fingerprint density at radius 2 is 1.85 bits per heavy atom. The molecule has 0 spiro atoms. The van der Waals surface area contributed by atoms with E-state index in [2.05, 4.69) is 4.98 Å². The highest BCUT2D eigenvalue weighted by Crippen LogP contribution is 2.31. The van der Waals surface area contributed by atoms with Crippen LogP contribution in [0.25, 0.3) is 23.1 Å². The number of thioether (sulfide) groups is 1. The van der Waals surface area contributed by atoms with Gasteiger partial charge in [-0.2, -0.15) is 0 Å². The number of carboxylic acid groups (broad SMARTS) is 1. The lowest BCUT2D eigenvalue weighted by Gasteiger charge is -2.14. The highest BCUT2D eigenvalue weighted by atomic mass is 35.5. The Hall–Kier alpha value is -3.12. The molecule has 1 heterocycles. The van der Waals surface area contributed by atoms with E-state index in [9.17, 15) is 15.0 Å². The van der Waals surface area contributed by atoms with Crippen molar-refractivity contribution in [1.82, 2.24) is 4.98 Å². The number of halogens is 1. The zero-order chi connectivity index (χ0) is 23.4. The number of carbonyl (C=O) groups is 1. The molecule has 4 rings (SSSR count). The molecule has 4 aromatic rings. The van der Waals surface area contributed by atoms with Crippen LogP contribution in [0.4, 0.5) is 0 Å². The van der Waals surface area contributed by atoms with Gasteiger partial charge in [0, 0.05) is 21.1 Å². The van der Waals surface area contributed by atoms with Crippen molar-refractivity contribution in [2.75, 3.05) is 5.75 Å². The van der Waals surface area contributed by atoms with Gasteiger partial charge in [-0.25, -0.2) is 9.78 Å². The van der Waals surface area contributed by atoms with E-state index in [4.69, 9.17) is 11.6 Å². The van der Waals surface area contributed by atoms with Crippen LogP contribution in [0.2, 0.25) is 5.02 Å². The minimum Gasteiger partial charge on any atom is -0.478 e. The Kier molecular flexibility index (Phi) is 7.14. The van der Waals surface area contributed by atoms with Crippen LogP contribution >= 0.6 is 23.4 Å². The molecule has 0 amide bonds. The van der Waals surface area contributed by atoms with Gasteiger partial charge >= 0.3 is 5.97 Å². The summed E-state index contributed by atoms with van der Waals surface area (Å²) >= 11 is 7.43. The lowest BCUT2D eigenvalue weighted by atomic mass is 10.1. The summed E-state index contributed by atoms with van der Waals surface area (Å²) in [5.41, 5.74) is 4.50. The summed E-state index contributed by atoms with van der Waals surface area (Å²) in [6, 6.07) is 22.4. The molecule has 1 unspecified atom stereocenters. The molecule has 3 aromatic carbocycles. The van der Waals surface area contributed by atoms with E-state index in [1.54, 1.807) is 12.1 Å². The van der Waals surface area contributed by atoms with E-state index >= 15 is 0 Å². The maximum atomic E-state index is 11.5. The van der Waals surface area contributed by atoms with Gasteiger partial charge in [0.25, 0.3) is 0 Å². The average molecular weight is 476 g/mol. The minimum atomic E-state index is -0.965. The van der Waals surface area contributed by atoms with Gasteiger partial charge in [0.2, 0.25) is 0 Å². The third kappa shape index (κ3) is 5.63. The normalized spacial score (nSPS) is 12.3. The fraction of sp³-hybridized carbons (Fsp3) is 0.111. The van der Waals surface area contributed by atoms with E-state index in [1.807, 2.05) is 79.7 Å². The molecule has 4 nitrogen and oxygen atoms in total. The van der Waals surface area contributed by atoms with Crippen LogP contribution in [-0.2, 0) is 0 Å². The van der Waals surface area contributed by atoms with Crippen LogP contribution in [-0.4, -0.2) is 26.9 Å². The van der Waals surface area contributed by atoms with Crippen LogP contribution in [0.5, 0.6) is 0 Å². The Bertz CT molecular complexity index is 1350. The molecule has 166 valence electrons. The van der Waals surface area contributed by atoms with Gasteiger partial charge < -0.3 is 10.2 Å². The zero-order valence-electron chi connectivity index (χ0n) is 17.9. The summed E-state index contributed by atoms with van der Waals surface area (Å²) in [6.07, 6.45) is 3.14. The summed E-state index contributed by atoms with van der Waals surface area (Å²) in [5.74, 6) is -0.613. The van der Waals surface area contributed by atoms with E-state index in [-0.39, 0.29) is 5.56 Å². The first kappa shape index (κ1) is 23.1. The quantitative estimate of drug-likeness (QED) is 0.285. The Morgan fingerprint density at radius 1 is 1.06 bits per heavy atom. The van der Waals surface area contributed by atoms with Crippen molar-refractivity contribution < 1.29 is 15.0 Å². The highest BCUT2D eigenvalue weighted by molar-refractivity contribution is 7.99. The fourth-order valence-electron chi connectivity index (χ4n) is 3.52. The number of rotatable bonds is 7. The van der Waals surface area contributed by atoms with E-state index < -0.39 is 12.1 Å². The van der Waals surface area contributed by atoms with Gasteiger partial charge in [-0.15, -0.1) is 11.8 Å². The maximum absolute atomic E-state index is 11.5. The number of carboxylic acids is 1. The second-order valence-electron chi connectivity index (χ2n) is 7.66. The molecule has 1 aromatic heterocycles.